The van der Waals surface area contributed by atoms with Crippen molar-refractivity contribution in [3.05, 3.63) is 83.6 Å². The first-order chi connectivity index (χ1) is 14.2. The molecule has 1 amide bonds. The Morgan fingerprint density at radius 2 is 1.90 bits per heavy atom. The molecule has 3 rings (SSSR count). The summed E-state index contributed by atoms with van der Waals surface area (Å²) in [6.45, 7) is 4.16. The van der Waals surface area contributed by atoms with Crippen LogP contribution in [0.15, 0.2) is 76.8 Å². The minimum absolute atomic E-state index is 0.122. The van der Waals surface area contributed by atoms with Crippen LogP contribution in [0, 0.1) is 18.8 Å². The number of aromatic nitrogens is 1. The number of hydrogen-bond donors (Lipinski definition) is 1. The zero-order valence-corrected chi connectivity index (χ0v) is 17.6. The van der Waals surface area contributed by atoms with Crippen LogP contribution in [0.1, 0.15) is 47.7 Å². The number of rotatable bonds is 6. The van der Waals surface area contributed by atoms with Gasteiger partial charge in [0.15, 0.2) is 0 Å². The van der Waals surface area contributed by atoms with E-state index in [1.54, 1.807) is 30.1 Å². The number of pyridine rings is 1. The number of hydrogen-bond acceptors (Lipinski definition) is 3. The first kappa shape index (κ1) is 20.7. The molecular formula is C25H24N2OS. The standard InChI is InChI=1S/C25H24N2OS/c1-3-4-5-7-14-21-18-22(27-25(28)20-12-8-6-9-13-20)19(2)17-23(21)29-24-15-10-11-16-26-24/h6,8-13,15-18H,3-5H2,1-2H3,(H,27,28). The van der Waals surface area contributed by atoms with Gasteiger partial charge in [-0.15, -0.1) is 0 Å². The Balaban J connectivity index is 1.91. The van der Waals surface area contributed by atoms with Crippen LogP contribution in [-0.2, 0) is 0 Å². The number of unbranched alkanes of at least 4 members (excludes halogenated alkanes) is 2. The van der Waals surface area contributed by atoms with Crippen LogP contribution in [0.2, 0.25) is 0 Å². The van der Waals surface area contributed by atoms with Crippen LogP contribution in [0.4, 0.5) is 5.69 Å². The highest BCUT2D eigenvalue weighted by Gasteiger charge is 2.12. The maximum atomic E-state index is 12.6. The van der Waals surface area contributed by atoms with Crippen molar-refractivity contribution in [2.45, 2.75) is 43.0 Å². The Morgan fingerprint density at radius 1 is 1.10 bits per heavy atom. The largest absolute Gasteiger partial charge is 0.322 e. The summed E-state index contributed by atoms with van der Waals surface area (Å²) in [7, 11) is 0. The molecule has 0 saturated carbocycles. The molecule has 1 heterocycles. The van der Waals surface area contributed by atoms with Crippen molar-refractivity contribution in [3.63, 3.8) is 0 Å². The number of benzene rings is 2. The number of nitrogens with zero attached hydrogens (tertiary/aromatic N) is 1. The Kier molecular flexibility index (Phi) is 7.49. The van der Waals surface area contributed by atoms with Crippen LogP contribution in [-0.4, -0.2) is 10.9 Å². The van der Waals surface area contributed by atoms with Crippen molar-refractivity contribution < 1.29 is 4.79 Å². The molecule has 0 aliphatic rings. The number of nitrogens with one attached hydrogen (secondary N) is 1. The summed E-state index contributed by atoms with van der Waals surface area (Å²) in [4.78, 5) is 18.0. The molecule has 1 aromatic heterocycles. The third kappa shape index (κ3) is 5.97. The fraction of sp³-hybridized carbons (Fsp3) is 0.200. The summed E-state index contributed by atoms with van der Waals surface area (Å²) in [5, 5.41) is 3.95. The van der Waals surface area contributed by atoms with E-state index in [9.17, 15) is 4.79 Å². The molecule has 0 saturated heterocycles. The molecule has 29 heavy (non-hydrogen) atoms. The second-order valence-electron chi connectivity index (χ2n) is 6.66. The average molecular weight is 401 g/mol. The summed E-state index contributed by atoms with van der Waals surface area (Å²) in [6.07, 6.45) is 4.86. The van der Waals surface area contributed by atoms with Gasteiger partial charge in [0.25, 0.3) is 5.91 Å². The molecule has 0 radical (unpaired) electrons. The third-order valence-electron chi connectivity index (χ3n) is 4.34. The lowest BCUT2D eigenvalue weighted by atomic mass is 10.1. The van der Waals surface area contributed by atoms with Gasteiger partial charge in [0.1, 0.15) is 5.03 Å². The van der Waals surface area contributed by atoms with E-state index in [1.807, 2.05) is 49.4 Å². The maximum absolute atomic E-state index is 12.6. The minimum Gasteiger partial charge on any atom is -0.322 e. The molecule has 4 heteroatoms. The highest BCUT2D eigenvalue weighted by Crippen LogP contribution is 2.32. The highest BCUT2D eigenvalue weighted by atomic mass is 32.2. The number of carbonyl (C=O) groups is 1. The van der Waals surface area contributed by atoms with Crippen molar-refractivity contribution in [1.29, 1.82) is 0 Å². The van der Waals surface area contributed by atoms with Gasteiger partial charge in [-0.3, -0.25) is 4.79 Å². The second kappa shape index (κ2) is 10.5. The predicted molar refractivity (Wildman–Crippen MR) is 120 cm³/mol. The lowest BCUT2D eigenvalue weighted by Gasteiger charge is -2.12. The Bertz CT molecular complexity index is 1020. The zero-order chi connectivity index (χ0) is 20.5. The van der Waals surface area contributed by atoms with Crippen molar-refractivity contribution in [1.82, 2.24) is 4.98 Å². The molecule has 3 nitrogen and oxygen atoms in total. The fourth-order valence-corrected chi connectivity index (χ4v) is 3.67. The zero-order valence-electron chi connectivity index (χ0n) is 16.7. The Hall–Kier alpha value is -3.03. The number of anilines is 1. The van der Waals surface area contributed by atoms with Crippen molar-refractivity contribution in [3.8, 4) is 11.8 Å². The van der Waals surface area contributed by atoms with Crippen molar-refractivity contribution >= 4 is 23.4 Å². The van der Waals surface area contributed by atoms with Gasteiger partial charge in [0, 0.05) is 34.3 Å². The quantitative estimate of drug-likeness (QED) is 0.388. The normalized spacial score (nSPS) is 10.1. The number of carbonyl (C=O) groups excluding carboxylic acids is 1. The van der Waals surface area contributed by atoms with Gasteiger partial charge in [-0.2, -0.15) is 0 Å². The van der Waals surface area contributed by atoms with E-state index < -0.39 is 0 Å². The fourth-order valence-electron chi connectivity index (χ4n) is 2.73. The second-order valence-corrected chi connectivity index (χ2v) is 7.72. The molecule has 0 aliphatic heterocycles. The van der Waals surface area contributed by atoms with Gasteiger partial charge in [0.2, 0.25) is 0 Å². The van der Waals surface area contributed by atoms with Crippen molar-refractivity contribution in [2.24, 2.45) is 0 Å². The van der Waals surface area contributed by atoms with Gasteiger partial charge < -0.3 is 5.32 Å². The van der Waals surface area contributed by atoms with E-state index in [2.05, 4.69) is 35.1 Å². The molecule has 2 aromatic carbocycles. The van der Waals surface area contributed by atoms with Crippen LogP contribution >= 0.6 is 11.8 Å². The molecule has 3 aromatic rings. The van der Waals surface area contributed by atoms with E-state index in [0.29, 0.717) is 5.56 Å². The molecular weight excluding hydrogens is 376 g/mol. The first-order valence-corrected chi connectivity index (χ1v) is 10.6. The summed E-state index contributed by atoms with van der Waals surface area (Å²) in [5.74, 6) is 6.44. The van der Waals surface area contributed by atoms with E-state index in [1.165, 1.54) is 0 Å². The van der Waals surface area contributed by atoms with E-state index in [-0.39, 0.29) is 5.91 Å². The lowest BCUT2D eigenvalue weighted by Crippen LogP contribution is -2.12. The van der Waals surface area contributed by atoms with E-state index in [4.69, 9.17) is 0 Å². The summed E-state index contributed by atoms with van der Waals surface area (Å²) < 4.78 is 0. The Morgan fingerprint density at radius 3 is 2.62 bits per heavy atom. The van der Waals surface area contributed by atoms with Gasteiger partial charge in [-0.1, -0.05) is 61.2 Å². The van der Waals surface area contributed by atoms with Gasteiger partial charge >= 0.3 is 0 Å². The lowest BCUT2D eigenvalue weighted by molar-refractivity contribution is 0.102. The van der Waals surface area contributed by atoms with E-state index >= 15 is 0 Å². The summed E-state index contributed by atoms with van der Waals surface area (Å²) >= 11 is 1.59. The monoisotopic (exact) mass is 400 g/mol. The number of aryl methyl sites for hydroxylation is 1. The highest BCUT2D eigenvalue weighted by molar-refractivity contribution is 7.99. The summed E-state index contributed by atoms with van der Waals surface area (Å²) in [5.41, 5.74) is 3.32. The number of amides is 1. The van der Waals surface area contributed by atoms with Crippen LogP contribution in [0.25, 0.3) is 0 Å². The third-order valence-corrected chi connectivity index (χ3v) is 5.35. The average Bonchev–Trinajstić information content (AvgIpc) is 2.75. The molecule has 0 bridgehead atoms. The molecule has 0 aliphatic carbocycles. The van der Waals surface area contributed by atoms with Crippen molar-refractivity contribution in [2.75, 3.05) is 5.32 Å². The molecule has 0 spiro atoms. The first-order valence-electron chi connectivity index (χ1n) is 9.76. The van der Waals surface area contributed by atoms with Crippen LogP contribution in [0.5, 0.6) is 0 Å². The van der Waals surface area contributed by atoms with Crippen LogP contribution < -0.4 is 5.32 Å². The molecule has 0 fully saturated rings. The molecule has 146 valence electrons. The topological polar surface area (TPSA) is 42.0 Å². The van der Waals surface area contributed by atoms with Crippen LogP contribution in [0.3, 0.4) is 0 Å². The van der Waals surface area contributed by atoms with Gasteiger partial charge in [-0.05, 0) is 55.3 Å². The SMILES string of the molecule is CCCCC#Cc1cc(NC(=O)c2ccccc2)c(C)cc1Sc1ccccn1. The Labute approximate surface area is 177 Å². The minimum atomic E-state index is -0.122. The predicted octanol–water partition coefficient (Wildman–Crippen LogP) is 6.34. The molecule has 0 atom stereocenters. The van der Waals surface area contributed by atoms with Gasteiger partial charge in [-0.25, -0.2) is 4.98 Å². The smallest absolute Gasteiger partial charge is 0.255 e. The maximum Gasteiger partial charge on any atom is 0.255 e. The molecule has 1 N–H and O–H groups in total. The summed E-state index contributed by atoms with van der Waals surface area (Å²) in [6, 6.07) is 19.1. The van der Waals surface area contributed by atoms with E-state index in [0.717, 1.165) is 46.0 Å². The van der Waals surface area contributed by atoms with Gasteiger partial charge in [0.05, 0.1) is 0 Å². The molecule has 0 unspecified atom stereocenters.